The van der Waals surface area contributed by atoms with Crippen molar-refractivity contribution in [1.29, 1.82) is 0 Å². The van der Waals surface area contributed by atoms with Gasteiger partial charge in [0.2, 0.25) is 0 Å². The first-order chi connectivity index (χ1) is 6.49. The summed E-state index contributed by atoms with van der Waals surface area (Å²) in [5.74, 6) is -3.35. The standard InChI is InChI=1S/C10H10O4.Ca/c1-10(8(11)12,9(13)14)7-5-3-2-4-6-7;/h2-6H,1H3,(H,11,12)(H,13,14);/q;+2/p-2. The van der Waals surface area contributed by atoms with Gasteiger partial charge in [0, 0.05) is 0 Å². The molecule has 0 radical (unpaired) electrons. The van der Waals surface area contributed by atoms with Crippen LogP contribution in [0.15, 0.2) is 30.3 Å². The minimum absolute atomic E-state index is 0. The van der Waals surface area contributed by atoms with E-state index in [0.29, 0.717) is 0 Å². The van der Waals surface area contributed by atoms with Crippen LogP contribution in [-0.4, -0.2) is 49.7 Å². The molecule has 5 heteroatoms. The fourth-order valence-electron chi connectivity index (χ4n) is 1.09. The smallest absolute Gasteiger partial charge is 0.549 e. The van der Waals surface area contributed by atoms with Gasteiger partial charge >= 0.3 is 37.7 Å². The van der Waals surface area contributed by atoms with Gasteiger partial charge in [-0.3, -0.25) is 0 Å². The predicted octanol–water partition coefficient (Wildman–Crippen LogP) is -1.94. The molecular weight excluding hydrogens is 224 g/mol. The van der Waals surface area contributed by atoms with Gasteiger partial charge in [-0.2, -0.15) is 0 Å². The van der Waals surface area contributed by atoms with Crippen molar-refractivity contribution in [2.24, 2.45) is 0 Å². The number of aliphatic carboxylic acids is 2. The molecule has 0 saturated carbocycles. The molecule has 0 aliphatic heterocycles. The Balaban J connectivity index is 0.00000196. The number of carboxylic acid groups (broad SMARTS) is 2. The van der Waals surface area contributed by atoms with Crippen molar-refractivity contribution in [3.63, 3.8) is 0 Å². The number of benzene rings is 1. The van der Waals surface area contributed by atoms with Gasteiger partial charge in [-0.1, -0.05) is 30.3 Å². The van der Waals surface area contributed by atoms with E-state index in [2.05, 4.69) is 0 Å². The SMILES string of the molecule is CC(C(=O)[O-])(C(=O)[O-])c1ccccc1.[Ca+2]. The molecule has 1 aromatic rings. The molecule has 0 aromatic heterocycles. The Hall–Kier alpha value is -0.580. The topological polar surface area (TPSA) is 80.3 Å². The van der Waals surface area contributed by atoms with Gasteiger partial charge < -0.3 is 19.8 Å². The minimum atomic E-state index is -2.10. The van der Waals surface area contributed by atoms with Crippen molar-refractivity contribution in [2.45, 2.75) is 12.3 Å². The van der Waals surface area contributed by atoms with Crippen LogP contribution in [0.1, 0.15) is 12.5 Å². The first-order valence-electron chi connectivity index (χ1n) is 3.98. The molecule has 0 aliphatic rings. The Labute approximate surface area is 117 Å². The van der Waals surface area contributed by atoms with Gasteiger partial charge in [0.15, 0.2) is 0 Å². The zero-order valence-electron chi connectivity index (χ0n) is 8.23. The fraction of sp³-hybridized carbons (Fsp3) is 0.200. The summed E-state index contributed by atoms with van der Waals surface area (Å²) in [7, 11) is 0. The minimum Gasteiger partial charge on any atom is -0.549 e. The molecule has 0 heterocycles. The van der Waals surface area contributed by atoms with Crippen LogP contribution in [0.3, 0.4) is 0 Å². The molecule has 4 nitrogen and oxygen atoms in total. The van der Waals surface area contributed by atoms with Gasteiger partial charge in [0.25, 0.3) is 0 Å². The Morgan fingerprint density at radius 2 is 1.47 bits per heavy atom. The molecule has 0 N–H and O–H groups in total. The molecule has 0 aliphatic carbocycles. The summed E-state index contributed by atoms with van der Waals surface area (Å²) in [4.78, 5) is 21.5. The zero-order valence-corrected chi connectivity index (χ0v) is 10.4. The Kier molecular flexibility index (Phi) is 5.28. The van der Waals surface area contributed by atoms with Crippen molar-refractivity contribution < 1.29 is 19.8 Å². The van der Waals surface area contributed by atoms with Crippen LogP contribution in [0.5, 0.6) is 0 Å². The van der Waals surface area contributed by atoms with Gasteiger partial charge in [-0.25, -0.2) is 0 Å². The summed E-state index contributed by atoms with van der Waals surface area (Å²) in [6.07, 6.45) is 0. The van der Waals surface area contributed by atoms with Crippen LogP contribution in [0.2, 0.25) is 0 Å². The second-order valence-electron chi connectivity index (χ2n) is 3.07. The van der Waals surface area contributed by atoms with E-state index in [1.54, 1.807) is 18.2 Å². The molecule has 0 saturated heterocycles. The predicted molar refractivity (Wildman–Crippen MR) is 49.6 cm³/mol. The van der Waals surface area contributed by atoms with Crippen molar-refractivity contribution in [3.05, 3.63) is 35.9 Å². The van der Waals surface area contributed by atoms with Crippen LogP contribution >= 0.6 is 0 Å². The molecule has 0 unspecified atom stereocenters. The van der Waals surface area contributed by atoms with Crippen molar-refractivity contribution in [3.8, 4) is 0 Å². The average molecular weight is 232 g/mol. The monoisotopic (exact) mass is 232 g/mol. The maximum atomic E-state index is 10.7. The summed E-state index contributed by atoms with van der Waals surface area (Å²) >= 11 is 0. The van der Waals surface area contributed by atoms with Gasteiger partial charge in [0.1, 0.15) is 0 Å². The number of rotatable bonds is 3. The number of carbonyl (C=O) groups is 2. The van der Waals surface area contributed by atoms with Crippen LogP contribution < -0.4 is 10.2 Å². The quantitative estimate of drug-likeness (QED) is 0.448. The van der Waals surface area contributed by atoms with E-state index in [9.17, 15) is 19.8 Å². The van der Waals surface area contributed by atoms with E-state index >= 15 is 0 Å². The number of carboxylic acids is 2. The molecule has 15 heavy (non-hydrogen) atoms. The van der Waals surface area contributed by atoms with Crippen molar-refractivity contribution in [2.75, 3.05) is 0 Å². The average Bonchev–Trinajstić information content (AvgIpc) is 2.17. The maximum Gasteiger partial charge on any atom is 2.00 e. The van der Waals surface area contributed by atoms with Crippen LogP contribution in [0.4, 0.5) is 0 Å². The van der Waals surface area contributed by atoms with Gasteiger partial charge in [-0.05, 0) is 12.5 Å². The molecular formula is C10H8CaO4. The second-order valence-corrected chi connectivity index (χ2v) is 3.07. The molecule has 74 valence electrons. The molecule has 0 amide bonds. The molecule has 1 aromatic carbocycles. The second kappa shape index (κ2) is 5.49. The summed E-state index contributed by atoms with van der Waals surface area (Å²) < 4.78 is 0. The molecule has 0 spiro atoms. The first-order valence-corrected chi connectivity index (χ1v) is 3.98. The first kappa shape index (κ1) is 14.4. The summed E-state index contributed by atoms with van der Waals surface area (Å²) in [5, 5.41) is 21.5. The number of hydrogen-bond donors (Lipinski definition) is 0. The number of carbonyl (C=O) groups excluding carboxylic acids is 2. The molecule has 0 bridgehead atoms. The van der Waals surface area contributed by atoms with Crippen LogP contribution in [0.25, 0.3) is 0 Å². The largest absolute Gasteiger partial charge is 2.00 e. The molecule has 1 rings (SSSR count). The maximum absolute atomic E-state index is 10.7. The third-order valence-corrected chi connectivity index (χ3v) is 2.17. The Bertz CT molecular complexity index is 347. The third kappa shape index (κ3) is 2.71. The fourth-order valence-corrected chi connectivity index (χ4v) is 1.09. The van der Waals surface area contributed by atoms with Crippen molar-refractivity contribution >= 4 is 49.7 Å². The number of hydrogen-bond acceptors (Lipinski definition) is 4. The van der Waals surface area contributed by atoms with E-state index in [-0.39, 0.29) is 43.3 Å². The molecule has 0 atom stereocenters. The van der Waals surface area contributed by atoms with E-state index < -0.39 is 17.4 Å². The zero-order chi connectivity index (χ0) is 10.8. The third-order valence-electron chi connectivity index (χ3n) is 2.17. The summed E-state index contributed by atoms with van der Waals surface area (Å²) in [6.45, 7) is 1.05. The van der Waals surface area contributed by atoms with E-state index in [1.165, 1.54) is 12.1 Å². The van der Waals surface area contributed by atoms with Crippen molar-refractivity contribution in [1.82, 2.24) is 0 Å². The van der Waals surface area contributed by atoms with E-state index in [1.807, 2.05) is 0 Å². The van der Waals surface area contributed by atoms with E-state index in [4.69, 9.17) is 0 Å². The van der Waals surface area contributed by atoms with Crippen LogP contribution in [0, 0.1) is 0 Å². The summed E-state index contributed by atoms with van der Waals surface area (Å²) in [6, 6.07) is 7.59. The normalized spacial score (nSPS) is 10.2. The molecule has 0 fully saturated rings. The Morgan fingerprint density at radius 1 is 1.07 bits per heavy atom. The van der Waals surface area contributed by atoms with Crippen LogP contribution in [-0.2, 0) is 15.0 Å². The van der Waals surface area contributed by atoms with Gasteiger partial charge in [0.05, 0.1) is 17.4 Å². The Morgan fingerprint density at radius 3 is 1.80 bits per heavy atom. The van der Waals surface area contributed by atoms with E-state index in [0.717, 1.165) is 6.92 Å². The van der Waals surface area contributed by atoms with Gasteiger partial charge in [-0.15, -0.1) is 0 Å². The summed E-state index contributed by atoms with van der Waals surface area (Å²) in [5.41, 5.74) is -1.96.